The highest BCUT2D eigenvalue weighted by Gasteiger charge is 2.40. The first-order chi connectivity index (χ1) is 11.3. The fourth-order valence-corrected chi connectivity index (χ4v) is 4.63. The fourth-order valence-electron chi connectivity index (χ4n) is 4.63. The van der Waals surface area contributed by atoms with Crippen molar-refractivity contribution in [1.82, 2.24) is 10.2 Å². The summed E-state index contributed by atoms with van der Waals surface area (Å²) >= 11 is 0. The fraction of sp³-hybridized carbons (Fsp3) is 0.632. The van der Waals surface area contributed by atoms with Gasteiger partial charge in [0, 0.05) is 30.1 Å². The van der Waals surface area contributed by atoms with E-state index in [0.29, 0.717) is 29.8 Å². The maximum atomic E-state index is 14.0. The normalized spacial score (nSPS) is 30.8. The molecule has 3 heterocycles. The van der Waals surface area contributed by atoms with Crippen LogP contribution in [0.4, 0.5) is 4.39 Å². The second kappa shape index (κ2) is 5.45. The lowest BCUT2D eigenvalue weighted by atomic mass is 9.97. The molecule has 3 aliphatic heterocycles. The highest BCUT2D eigenvalue weighted by Crippen LogP contribution is 2.39. The van der Waals surface area contributed by atoms with Crippen molar-refractivity contribution in [2.24, 2.45) is 0 Å². The molecular formula is C19H25FN2O2. The number of nitrogens with one attached hydrogen (secondary N) is 1. The Morgan fingerprint density at radius 2 is 1.96 bits per heavy atom. The number of rotatable bonds is 2. The summed E-state index contributed by atoms with van der Waals surface area (Å²) in [4.78, 5) is 15.2. The van der Waals surface area contributed by atoms with Gasteiger partial charge in [-0.25, -0.2) is 4.39 Å². The summed E-state index contributed by atoms with van der Waals surface area (Å²) in [7, 11) is 2.18. The molecule has 24 heavy (non-hydrogen) atoms. The maximum Gasteiger partial charge on any atom is 0.255 e. The van der Waals surface area contributed by atoms with Gasteiger partial charge in [0.2, 0.25) is 0 Å². The molecule has 0 aliphatic carbocycles. The van der Waals surface area contributed by atoms with E-state index in [-0.39, 0.29) is 17.8 Å². The monoisotopic (exact) mass is 332 g/mol. The van der Waals surface area contributed by atoms with Crippen molar-refractivity contribution >= 4 is 5.91 Å². The number of hydrogen-bond donors (Lipinski definition) is 1. The van der Waals surface area contributed by atoms with Crippen LogP contribution in [0.5, 0.6) is 5.75 Å². The van der Waals surface area contributed by atoms with Gasteiger partial charge in [-0.15, -0.1) is 0 Å². The average molecular weight is 332 g/mol. The molecule has 1 aromatic rings. The van der Waals surface area contributed by atoms with Gasteiger partial charge in [0.25, 0.3) is 5.91 Å². The second-order valence-electron chi connectivity index (χ2n) is 8.17. The van der Waals surface area contributed by atoms with Crippen LogP contribution in [0.15, 0.2) is 12.1 Å². The minimum atomic E-state index is -0.391. The summed E-state index contributed by atoms with van der Waals surface area (Å²) in [6.07, 6.45) is 4.99. The number of carbonyl (C=O) groups excluding carboxylic acids is 1. The molecule has 5 heteroatoms. The molecule has 4 rings (SSSR count). The van der Waals surface area contributed by atoms with Gasteiger partial charge < -0.3 is 15.0 Å². The number of hydrogen-bond acceptors (Lipinski definition) is 3. The molecule has 0 saturated carbocycles. The van der Waals surface area contributed by atoms with Gasteiger partial charge in [-0.3, -0.25) is 4.79 Å². The molecule has 130 valence electrons. The third-order valence-corrected chi connectivity index (χ3v) is 5.80. The van der Waals surface area contributed by atoms with E-state index in [1.54, 1.807) is 0 Å². The van der Waals surface area contributed by atoms with Crippen molar-refractivity contribution in [3.8, 4) is 5.75 Å². The van der Waals surface area contributed by atoms with Crippen LogP contribution in [0.2, 0.25) is 0 Å². The van der Waals surface area contributed by atoms with Gasteiger partial charge in [0.15, 0.2) is 0 Å². The zero-order valence-electron chi connectivity index (χ0n) is 14.6. The van der Waals surface area contributed by atoms with Gasteiger partial charge >= 0.3 is 0 Å². The molecule has 2 bridgehead atoms. The Morgan fingerprint density at radius 3 is 2.62 bits per heavy atom. The Bertz CT molecular complexity index is 674. The van der Waals surface area contributed by atoms with E-state index < -0.39 is 5.60 Å². The minimum Gasteiger partial charge on any atom is -0.486 e. The average Bonchev–Trinajstić information content (AvgIpc) is 2.88. The molecule has 1 unspecified atom stereocenters. The largest absolute Gasteiger partial charge is 0.486 e. The van der Waals surface area contributed by atoms with Crippen LogP contribution in [-0.2, 0) is 6.42 Å². The first kappa shape index (κ1) is 15.9. The summed E-state index contributed by atoms with van der Waals surface area (Å²) in [5, 5.41) is 3.13. The Morgan fingerprint density at radius 1 is 1.29 bits per heavy atom. The van der Waals surface area contributed by atoms with E-state index >= 15 is 0 Å². The number of amides is 1. The van der Waals surface area contributed by atoms with Crippen molar-refractivity contribution in [2.45, 2.75) is 69.7 Å². The molecule has 3 atom stereocenters. The van der Waals surface area contributed by atoms with Crippen LogP contribution in [0.3, 0.4) is 0 Å². The van der Waals surface area contributed by atoms with Gasteiger partial charge in [-0.1, -0.05) is 0 Å². The molecule has 3 aliphatic rings. The molecule has 2 saturated heterocycles. The Hall–Kier alpha value is -1.62. The molecule has 1 aromatic carbocycles. The van der Waals surface area contributed by atoms with Crippen LogP contribution in [0, 0.1) is 5.82 Å². The Labute approximate surface area is 142 Å². The van der Waals surface area contributed by atoms with Gasteiger partial charge in [-0.05, 0) is 58.7 Å². The number of benzene rings is 1. The number of nitrogens with zero attached hydrogens (tertiary/aromatic N) is 1. The second-order valence-corrected chi connectivity index (χ2v) is 8.17. The standard InChI is InChI=1S/C19H25FN2O2/c1-19(2)10-11-6-12(20)7-16(17(11)24-19)18(23)21-13-8-14-4-5-15(9-13)22(14)3/h6-7,13-15H,4-5,8-10H2,1-3H3,(H,21,23)/t13?,14-,15+. The van der Waals surface area contributed by atoms with Crippen LogP contribution in [0.1, 0.15) is 55.5 Å². The topological polar surface area (TPSA) is 41.6 Å². The van der Waals surface area contributed by atoms with Gasteiger partial charge in [-0.2, -0.15) is 0 Å². The summed E-state index contributed by atoms with van der Waals surface area (Å²) in [5.74, 6) is -0.0316. The zero-order chi connectivity index (χ0) is 17.1. The molecule has 1 amide bonds. The predicted molar refractivity (Wildman–Crippen MR) is 89.9 cm³/mol. The molecule has 0 spiro atoms. The first-order valence-electron chi connectivity index (χ1n) is 8.86. The predicted octanol–water partition coefficient (Wildman–Crippen LogP) is 2.89. The SMILES string of the molecule is CN1[C@@H]2CC[C@H]1CC(NC(=O)c1cc(F)cc3c1OC(C)(C)C3)C2. The van der Waals surface area contributed by atoms with Gasteiger partial charge in [0.1, 0.15) is 17.2 Å². The number of piperidine rings is 1. The van der Waals surface area contributed by atoms with Gasteiger partial charge in [0.05, 0.1) is 5.56 Å². The highest BCUT2D eigenvalue weighted by molar-refractivity contribution is 5.97. The smallest absolute Gasteiger partial charge is 0.255 e. The van der Waals surface area contributed by atoms with Crippen LogP contribution < -0.4 is 10.1 Å². The Kier molecular flexibility index (Phi) is 3.60. The van der Waals surface area contributed by atoms with Crippen molar-refractivity contribution < 1.29 is 13.9 Å². The zero-order valence-corrected chi connectivity index (χ0v) is 14.6. The number of carbonyl (C=O) groups is 1. The van der Waals surface area contributed by atoms with E-state index in [2.05, 4.69) is 17.3 Å². The summed E-state index contributed by atoms with van der Waals surface area (Å²) < 4.78 is 19.9. The van der Waals surface area contributed by atoms with Crippen molar-refractivity contribution in [3.63, 3.8) is 0 Å². The summed E-state index contributed by atoms with van der Waals surface area (Å²) in [6, 6.07) is 4.07. The molecule has 0 aromatic heterocycles. The highest BCUT2D eigenvalue weighted by atomic mass is 19.1. The van der Waals surface area contributed by atoms with E-state index in [4.69, 9.17) is 4.74 Å². The molecule has 1 N–H and O–H groups in total. The number of ether oxygens (including phenoxy) is 1. The van der Waals surface area contributed by atoms with Crippen molar-refractivity contribution in [1.29, 1.82) is 0 Å². The molecular weight excluding hydrogens is 307 g/mol. The number of halogens is 1. The summed E-state index contributed by atoms with van der Waals surface area (Å²) in [6.45, 7) is 3.92. The van der Waals surface area contributed by atoms with Crippen LogP contribution >= 0.6 is 0 Å². The molecule has 0 radical (unpaired) electrons. The maximum absolute atomic E-state index is 14.0. The lowest BCUT2D eigenvalue weighted by molar-refractivity contribution is 0.0870. The van der Waals surface area contributed by atoms with E-state index in [9.17, 15) is 9.18 Å². The van der Waals surface area contributed by atoms with E-state index in [1.807, 2.05) is 13.8 Å². The van der Waals surface area contributed by atoms with Crippen molar-refractivity contribution in [2.75, 3.05) is 7.05 Å². The van der Waals surface area contributed by atoms with E-state index in [1.165, 1.54) is 25.0 Å². The first-order valence-corrected chi connectivity index (χ1v) is 8.86. The minimum absolute atomic E-state index is 0.166. The summed E-state index contributed by atoms with van der Waals surface area (Å²) in [5.41, 5.74) is 0.730. The molecule has 2 fully saturated rings. The third kappa shape index (κ3) is 2.69. The van der Waals surface area contributed by atoms with E-state index in [0.717, 1.165) is 18.4 Å². The Balaban J connectivity index is 1.54. The lowest BCUT2D eigenvalue weighted by Gasteiger charge is -2.36. The van der Waals surface area contributed by atoms with Crippen LogP contribution in [0.25, 0.3) is 0 Å². The molecule has 4 nitrogen and oxygen atoms in total. The quantitative estimate of drug-likeness (QED) is 0.905. The number of fused-ring (bicyclic) bond motifs is 3. The third-order valence-electron chi connectivity index (χ3n) is 5.80. The van der Waals surface area contributed by atoms with Crippen molar-refractivity contribution in [3.05, 3.63) is 29.1 Å². The lowest BCUT2D eigenvalue weighted by Crippen LogP contribution is -2.48. The van der Waals surface area contributed by atoms with Crippen LogP contribution in [-0.4, -0.2) is 41.6 Å².